The summed E-state index contributed by atoms with van der Waals surface area (Å²) in [6, 6.07) is 0. The smallest absolute Gasteiger partial charge is 0.428 e. The van der Waals surface area contributed by atoms with Gasteiger partial charge >= 0.3 is 12.1 Å². The minimum atomic E-state index is -4.47. The van der Waals surface area contributed by atoms with E-state index in [2.05, 4.69) is 4.74 Å². The van der Waals surface area contributed by atoms with E-state index in [1.807, 2.05) is 0 Å². The molecule has 0 aromatic rings. The van der Waals surface area contributed by atoms with Gasteiger partial charge in [0.1, 0.15) is 0 Å². The average molecular weight is 226 g/mol. The third-order valence-electron chi connectivity index (χ3n) is 2.53. The molecular weight excluding hydrogens is 213 g/mol. The molecule has 14 heavy (non-hydrogen) atoms. The SMILES string of the molecule is CC1(C(F)(F)F)OC(=O)C1[Si](C)(C)C. The molecule has 82 valence electrons. The van der Waals surface area contributed by atoms with Crippen LogP contribution in [0.15, 0.2) is 0 Å². The maximum Gasteiger partial charge on any atom is 0.428 e. The molecule has 0 bridgehead atoms. The zero-order valence-corrected chi connectivity index (χ0v) is 9.53. The number of alkyl halides is 3. The number of carbonyl (C=O) groups is 1. The topological polar surface area (TPSA) is 26.3 Å². The summed E-state index contributed by atoms with van der Waals surface area (Å²) >= 11 is 0. The van der Waals surface area contributed by atoms with Gasteiger partial charge in [-0.3, -0.25) is 4.79 Å². The highest BCUT2D eigenvalue weighted by atomic mass is 28.3. The molecule has 0 aliphatic carbocycles. The Morgan fingerprint density at radius 2 is 1.79 bits per heavy atom. The van der Waals surface area contributed by atoms with Gasteiger partial charge in [-0.25, -0.2) is 0 Å². The van der Waals surface area contributed by atoms with E-state index in [1.54, 1.807) is 19.6 Å². The van der Waals surface area contributed by atoms with Crippen LogP contribution in [0.5, 0.6) is 0 Å². The Balaban J connectivity index is 3.01. The molecule has 0 spiro atoms. The predicted molar refractivity (Wildman–Crippen MR) is 47.6 cm³/mol. The summed E-state index contributed by atoms with van der Waals surface area (Å²) in [5.41, 5.74) is -3.23. The maximum absolute atomic E-state index is 12.6. The van der Waals surface area contributed by atoms with Gasteiger partial charge in [-0.1, -0.05) is 19.6 Å². The summed E-state index contributed by atoms with van der Waals surface area (Å²) in [7, 11) is -2.18. The third-order valence-corrected chi connectivity index (χ3v) is 5.05. The highest BCUT2D eigenvalue weighted by Crippen LogP contribution is 2.54. The van der Waals surface area contributed by atoms with E-state index in [1.165, 1.54) is 0 Å². The fourth-order valence-electron chi connectivity index (χ4n) is 1.90. The van der Waals surface area contributed by atoms with Gasteiger partial charge in [0.25, 0.3) is 0 Å². The van der Waals surface area contributed by atoms with Crippen molar-refractivity contribution in [3.8, 4) is 0 Å². The van der Waals surface area contributed by atoms with E-state index < -0.39 is 31.4 Å². The number of carbonyl (C=O) groups excluding carboxylic acids is 1. The van der Waals surface area contributed by atoms with Gasteiger partial charge in [0, 0.05) is 0 Å². The van der Waals surface area contributed by atoms with Crippen LogP contribution in [0.2, 0.25) is 25.2 Å². The second-order valence-corrected chi connectivity index (χ2v) is 10.1. The van der Waals surface area contributed by atoms with Crippen molar-refractivity contribution in [2.24, 2.45) is 0 Å². The molecule has 0 saturated carbocycles. The average Bonchev–Trinajstić information content (AvgIpc) is 1.78. The minimum Gasteiger partial charge on any atom is -0.449 e. The number of rotatable bonds is 1. The largest absolute Gasteiger partial charge is 0.449 e. The molecule has 0 N–H and O–H groups in total. The van der Waals surface area contributed by atoms with Crippen molar-refractivity contribution in [2.45, 2.75) is 43.9 Å². The lowest BCUT2D eigenvalue weighted by atomic mass is 9.95. The minimum absolute atomic E-state index is 0.705. The number of hydrogen-bond donors (Lipinski definition) is 0. The van der Waals surface area contributed by atoms with Crippen LogP contribution in [-0.4, -0.2) is 25.8 Å². The Labute approximate surface area is 81.4 Å². The molecule has 1 heterocycles. The summed E-state index contributed by atoms with van der Waals surface area (Å²) in [5.74, 6) is -0.705. The van der Waals surface area contributed by atoms with Crippen molar-refractivity contribution in [2.75, 3.05) is 0 Å². The molecule has 0 amide bonds. The summed E-state index contributed by atoms with van der Waals surface area (Å²) in [6.45, 7) is 6.17. The first-order chi connectivity index (χ1) is 6.00. The van der Waals surface area contributed by atoms with Gasteiger partial charge in [0.15, 0.2) is 0 Å². The number of esters is 1. The van der Waals surface area contributed by atoms with Crippen molar-refractivity contribution in [1.82, 2.24) is 0 Å². The molecule has 2 nitrogen and oxygen atoms in total. The molecule has 6 heteroatoms. The van der Waals surface area contributed by atoms with Crippen LogP contribution in [0.1, 0.15) is 6.92 Å². The molecule has 1 aliphatic rings. The van der Waals surface area contributed by atoms with E-state index in [0.717, 1.165) is 6.92 Å². The van der Waals surface area contributed by atoms with Crippen LogP contribution in [0, 0.1) is 0 Å². The first-order valence-electron chi connectivity index (χ1n) is 4.30. The van der Waals surface area contributed by atoms with Gasteiger partial charge in [-0.2, -0.15) is 13.2 Å². The van der Waals surface area contributed by atoms with Crippen molar-refractivity contribution in [1.29, 1.82) is 0 Å². The van der Waals surface area contributed by atoms with Crippen LogP contribution in [0.25, 0.3) is 0 Å². The molecule has 2 unspecified atom stereocenters. The second kappa shape index (κ2) is 2.74. The van der Waals surface area contributed by atoms with Gasteiger partial charge in [0.05, 0.1) is 13.6 Å². The zero-order valence-electron chi connectivity index (χ0n) is 8.53. The Kier molecular flexibility index (Phi) is 2.26. The normalized spacial score (nSPS) is 33.6. The quantitative estimate of drug-likeness (QED) is 0.507. The first kappa shape index (κ1) is 11.6. The molecule has 1 fully saturated rings. The van der Waals surface area contributed by atoms with Gasteiger partial charge in [-0.05, 0) is 6.92 Å². The molecule has 1 rings (SSSR count). The molecular formula is C8H13F3O2Si. The van der Waals surface area contributed by atoms with Crippen LogP contribution in [-0.2, 0) is 9.53 Å². The summed E-state index contributed by atoms with van der Waals surface area (Å²) in [4.78, 5) is 11.1. The second-order valence-electron chi connectivity index (χ2n) is 4.82. The summed E-state index contributed by atoms with van der Waals surface area (Å²) in [6.07, 6.45) is -4.47. The van der Waals surface area contributed by atoms with E-state index in [4.69, 9.17) is 0 Å². The lowest BCUT2D eigenvalue weighted by Gasteiger charge is -2.50. The first-order valence-corrected chi connectivity index (χ1v) is 7.87. The lowest BCUT2D eigenvalue weighted by molar-refractivity contribution is -0.295. The summed E-state index contributed by atoms with van der Waals surface area (Å²) < 4.78 is 42.1. The standard InChI is InChI=1S/C8H13F3O2Si/c1-7(8(9,10)11)5(6(12)13-7)14(2,3)4/h5H,1-4H3. The number of ether oxygens (including phenoxy) is 1. The van der Waals surface area contributed by atoms with Gasteiger partial charge < -0.3 is 4.74 Å². The molecule has 1 aliphatic heterocycles. The monoisotopic (exact) mass is 226 g/mol. The Morgan fingerprint density at radius 1 is 1.36 bits per heavy atom. The van der Waals surface area contributed by atoms with Crippen molar-refractivity contribution in [3.63, 3.8) is 0 Å². The van der Waals surface area contributed by atoms with Crippen LogP contribution < -0.4 is 0 Å². The van der Waals surface area contributed by atoms with Crippen molar-refractivity contribution in [3.05, 3.63) is 0 Å². The fourth-order valence-corrected chi connectivity index (χ4v) is 4.54. The zero-order chi connectivity index (χ0) is 11.4. The van der Waals surface area contributed by atoms with Crippen molar-refractivity contribution >= 4 is 14.0 Å². The molecule has 1 saturated heterocycles. The van der Waals surface area contributed by atoms with E-state index >= 15 is 0 Å². The van der Waals surface area contributed by atoms with E-state index in [9.17, 15) is 18.0 Å². The highest BCUT2D eigenvalue weighted by molar-refractivity contribution is 6.81. The van der Waals surface area contributed by atoms with Gasteiger partial charge in [-0.15, -0.1) is 0 Å². The van der Waals surface area contributed by atoms with Crippen molar-refractivity contribution < 1.29 is 22.7 Å². The number of cyclic esters (lactones) is 1. The Morgan fingerprint density at radius 3 is 1.93 bits per heavy atom. The fraction of sp³-hybridized carbons (Fsp3) is 0.875. The highest BCUT2D eigenvalue weighted by Gasteiger charge is 2.71. The third kappa shape index (κ3) is 1.45. The van der Waals surface area contributed by atoms with E-state index in [-0.39, 0.29) is 0 Å². The Bertz CT molecular complexity index is 269. The lowest BCUT2D eigenvalue weighted by Crippen LogP contribution is -2.66. The Hall–Kier alpha value is -0.523. The maximum atomic E-state index is 12.6. The van der Waals surface area contributed by atoms with E-state index in [0.29, 0.717) is 0 Å². The van der Waals surface area contributed by atoms with Crippen LogP contribution >= 0.6 is 0 Å². The molecule has 0 aromatic carbocycles. The van der Waals surface area contributed by atoms with Crippen LogP contribution in [0.3, 0.4) is 0 Å². The number of halogens is 3. The van der Waals surface area contributed by atoms with Gasteiger partial charge in [0.2, 0.25) is 5.60 Å². The molecule has 2 atom stereocenters. The molecule has 0 radical (unpaired) electrons. The summed E-state index contributed by atoms with van der Waals surface area (Å²) in [5, 5.41) is 0. The number of hydrogen-bond acceptors (Lipinski definition) is 2. The van der Waals surface area contributed by atoms with Crippen LogP contribution in [0.4, 0.5) is 13.2 Å². The molecule has 0 aromatic heterocycles. The predicted octanol–water partition coefficient (Wildman–Crippen LogP) is 2.57.